The summed E-state index contributed by atoms with van der Waals surface area (Å²) in [6, 6.07) is 6.08. The van der Waals surface area contributed by atoms with Crippen LogP contribution < -0.4 is 4.74 Å². The highest BCUT2D eigenvalue weighted by molar-refractivity contribution is 5.85. The van der Waals surface area contributed by atoms with Crippen molar-refractivity contribution in [3.8, 4) is 5.75 Å². The monoisotopic (exact) mass is 443 g/mol. The molecular weight excluding hydrogens is 414 g/mol. The van der Waals surface area contributed by atoms with Crippen molar-refractivity contribution in [2.75, 3.05) is 19.6 Å². The highest BCUT2D eigenvalue weighted by atomic mass is 35.5. The summed E-state index contributed by atoms with van der Waals surface area (Å²) in [5, 5.41) is 11.3. The molecule has 0 aromatic heterocycles. The first-order valence-electron chi connectivity index (χ1n) is 9.66. The van der Waals surface area contributed by atoms with Crippen LogP contribution in [-0.2, 0) is 0 Å². The number of piperidine rings is 1. The molecule has 0 spiro atoms. The number of halogens is 5. The fraction of sp³-hybridized carbons (Fsp3) is 0.700. The normalized spacial score (nSPS) is 21.1. The third-order valence-electron chi connectivity index (χ3n) is 5.77. The van der Waals surface area contributed by atoms with Crippen molar-refractivity contribution in [1.29, 1.82) is 0 Å². The van der Waals surface area contributed by atoms with Crippen LogP contribution in [0.4, 0.5) is 13.2 Å². The van der Waals surface area contributed by atoms with Crippen molar-refractivity contribution in [1.82, 2.24) is 4.90 Å². The number of alkyl halides is 3. The molecule has 3 rings (SSSR count). The molecule has 162 valence electrons. The Labute approximate surface area is 177 Å². The maximum Gasteiger partial charge on any atom is 0.573 e. The first kappa shape index (κ1) is 25.3. The molecule has 2 fully saturated rings. The van der Waals surface area contributed by atoms with Gasteiger partial charge in [-0.1, -0.05) is 37.8 Å². The second-order valence-corrected chi connectivity index (χ2v) is 7.69. The van der Waals surface area contributed by atoms with Crippen molar-refractivity contribution in [3.05, 3.63) is 29.8 Å². The van der Waals surface area contributed by atoms with Gasteiger partial charge in [0.1, 0.15) is 5.75 Å². The largest absolute Gasteiger partial charge is 0.573 e. The number of benzene rings is 1. The van der Waals surface area contributed by atoms with Crippen LogP contribution in [0.3, 0.4) is 0 Å². The summed E-state index contributed by atoms with van der Waals surface area (Å²) in [7, 11) is 0. The van der Waals surface area contributed by atoms with Gasteiger partial charge in [0, 0.05) is 12.5 Å². The lowest BCUT2D eigenvalue weighted by molar-refractivity contribution is -0.274. The lowest BCUT2D eigenvalue weighted by Crippen LogP contribution is -2.45. The van der Waals surface area contributed by atoms with E-state index < -0.39 is 12.0 Å². The smallest absolute Gasteiger partial charge is 0.406 e. The molecule has 1 aliphatic heterocycles. The van der Waals surface area contributed by atoms with Gasteiger partial charge in [-0.15, -0.1) is 38.0 Å². The second-order valence-electron chi connectivity index (χ2n) is 7.69. The molecule has 1 heterocycles. The van der Waals surface area contributed by atoms with Crippen molar-refractivity contribution in [3.63, 3.8) is 0 Å². The van der Waals surface area contributed by atoms with Gasteiger partial charge in [-0.05, 0) is 56.5 Å². The SMILES string of the molecule is Cl.Cl.OC1(C(CN2CCCCC2)c2ccc(OC(F)(F)F)cc2)CCCCC1. The third-order valence-corrected chi connectivity index (χ3v) is 5.77. The van der Waals surface area contributed by atoms with Gasteiger partial charge in [0.25, 0.3) is 0 Å². The van der Waals surface area contributed by atoms with Gasteiger partial charge in [0.2, 0.25) is 0 Å². The van der Waals surface area contributed by atoms with Gasteiger partial charge in [0.05, 0.1) is 5.60 Å². The zero-order valence-electron chi connectivity index (χ0n) is 15.9. The summed E-state index contributed by atoms with van der Waals surface area (Å²) in [5.41, 5.74) is 0.122. The zero-order valence-corrected chi connectivity index (χ0v) is 17.6. The van der Waals surface area contributed by atoms with E-state index in [1.165, 1.54) is 31.4 Å². The Bertz CT molecular complexity index is 572. The average molecular weight is 444 g/mol. The van der Waals surface area contributed by atoms with Crippen LogP contribution in [0.5, 0.6) is 5.75 Å². The van der Waals surface area contributed by atoms with Gasteiger partial charge >= 0.3 is 6.36 Å². The van der Waals surface area contributed by atoms with Crippen molar-refractivity contribution >= 4 is 24.8 Å². The molecule has 2 aliphatic rings. The highest BCUT2D eigenvalue weighted by Gasteiger charge is 2.40. The Balaban J connectivity index is 0.00000196. The number of hydrogen-bond acceptors (Lipinski definition) is 3. The molecule has 1 saturated carbocycles. The van der Waals surface area contributed by atoms with E-state index in [1.807, 2.05) is 0 Å². The minimum atomic E-state index is -4.68. The molecule has 0 radical (unpaired) electrons. The first-order valence-corrected chi connectivity index (χ1v) is 9.66. The fourth-order valence-corrected chi connectivity index (χ4v) is 4.40. The van der Waals surface area contributed by atoms with Crippen LogP contribution >= 0.6 is 24.8 Å². The Hall–Kier alpha value is -0.690. The minimum absolute atomic E-state index is 0. The maximum absolute atomic E-state index is 12.4. The molecule has 1 aliphatic carbocycles. The van der Waals surface area contributed by atoms with E-state index in [0.29, 0.717) is 0 Å². The Morgan fingerprint density at radius 1 is 0.929 bits per heavy atom. The number of nitrogens with zero attached hydrogens (tertiary/aromatic N) is 1. The molecule has 3 nitrogen and oxygen atoms in total. The van der Waals surface area contributed by atoms with E-state index in [2.05, 4.69) is 9.64 Å². The summed E-state index contributed by atoms with van der Waals surface area (Å²) in [6.07, 6.45) is 3.55. The third kappa shape index (κ3) is 6.97. The summed E-state index contributed by atoms with van der Waals surface area (Å²) >= 11 is 0. The standard InChI is InChI=1S/C20H28F3NO2.2ClH/c21-20(22,23)26-17-9-7-16(8-10-17)18(15-24-13-5-2-6-14-24)19(25)11-3-1-4-12-19;;/h7-10,18,25H,1-6,11-15H2;2*1H. The van der Waals surface area contributed by atoms with E-state index in [9.17, 15) is 18.3 Å². The Morgan fingerprint density at radius 2 is 1.46 bits per heavy atom. The predicted octanol–water partition coefficient (Wildman–Crippen LogP) is 5.69. The molecule has 0 bridgehead atoms. The van der Waals surface area contributed by atoms with Gasteiger partial charge in [0.15, 0.2) is 0 Å². The molecule has 1 aromatic carbocycles. The number of aliphatic hydroxyl groups is 1. The molecule has 0 amide bonds. The number of ether oxygens (including phenoxy) is 1. The summed E-state index contributed by atoms with van der Waals surface area (Å²) in [4.78, 5) is 2.39. The van der Waals surface area contributed by atoms with E-state index in [4.69, 9.17) is 0 Å². The van der Waals surface area contributed by atoms with Crippen molar-refractivity contribution < 1.29 is 23.0 Å². The average Bonchev–Trinajstić information content (AvgIpc) is 2.61. The molecule has 8 heteroatoms. The van der Waals surface area contributed by atoms with Crippen LogP contribution in [0.1, 0.15) is 62.8 Å². The quantitative estimate of drug-likeness (QED) is 0.633. The van der Waals surface area contributed by atoms with Gasteiger partial charge in [-0.2, -0.15) is 0 Å². The van der Waals surface area contributed by atoms with E-state index in [1.54, 1.807) is 12.1 Å². The fourth-order valence-electron chi connectivity index (χ4n) is 4.40. The van der Waals surface area contributed by atoms with Crippen LogP contribution in [0, 0.1) is 0 Å². The summed E-state index contributed by atoms with van der Waals surface area (Å²) in [6.45, 7) is 2.82. The zero-order chi connectivity index (χ0) is 18.6. The number of hydrogen-bond donors (Lipinski definition) is 1. The van der Waals surface area contributed by atoms with Crippen LogP contribution in [0.2, 0.25) is 0 Å². The topological polar surface area (TPSA) is 32.7 Å². The molecule has 1 saturated heterocycles. The Kier molecular flexibility index (Phi) is 9.87. The molecule has 1 unspecified atom stereocenters. The minimum Gasteiger partial charge on any atom is -0.406 e. The summed E-state index contributed by atoms with van der Waals surface area (Å²) in [5.74, 6) is -0.297. The van der Waals surface area contributed by atoms with Gasteiger partial charge < -0.3 is 14.7 Å². The maximum atomic E-state index is 12.4. The Morgan fingerprint density at radius 3 is 2.00 bits per heavy atom. The number of rotatable bonds is 5. The second kappa shape index (κ2) is 10.9. The van der Waals surface area contributed by atoms with E-state index >= 15 is 0 Å². The van der Waals surface area contributed by atoms with E-state index in [0.717, 1.165) is 57.3 Å². The lowest BCUT2D eigenvalue weighted by atomic mass is 9.72. The molecule has 1 atom stereocenters. The number of likely N-dealkylation sites (tertiary alicyclic amines) is 1. The lowest BCUT2D eigenvalue weighted by Gasteiger charge is -2.42. The van der Waals surface area contributed by atoms with Crippen molar-refractivity contribution in [2.24, 2.45) is 0 Å². The van der Waals surface area contributed by atoms with Crippen LogP contribution in [-0.4, -0.2) is 41.6 Å². The molecule has 1 N–H and O–H groups in total. The molecule has 1 aromatic rings. The molecule has 28 heavy (non-hydrogen) atoms. The van der Waals surface area contributed by atoms with Crippen molar-refractivity contribution in [2.45, 2.75) is 69.2 Å². The van der Waals surface area contributed by atoms with Gasteiger partial charge in [-0.3, -0.25) is 0 Å². The van der Waals surface area contributed by atoms with Crippen LogP contribution in [0.15, 0.2) is 24.3 Å². The summed E-state index contributed by atoms with van der Waals surface area (Å²) < 4.78 is 41.2. The van der Waals surface area contributed by atoms with Crippen LogP contribution in [0.25, 0.3) is 0 Å². The van der Waals surface area contributed by atoms with E-state index in [-0.39, 0.29) is 36.5 Å². The highest BCUT2D eigenvalue weighted by Crippen LogP contribution is 2.41. The van der Waals surface area contributed by atoms with Gasteiger partial charge in [-0.25, -0.2) is 0 Å². The molecular formula is C20H30Cl2F3NO2. The predicted molar refractivity (Wildman–Crippen MR) is 109 cm³/mol. The first-order chi connectivity index (χ1) is 12.4.